The summed E-state index contributed by atoms with van der Waals surface area (Å²) in [5.74, 6) is 0.923. The monoisotopic (exact) mass is 248 g/mol. The molecule has 0 aliphatic carbocycles. The fourth-order valence-corrected chi connectivity index (χ4v) is 2.13. The molecule has 1 atom stereocenters. The lowest BCUT2D eigenvalue weighted by Gasteiger charge is -2.13. The Morgan fingerprint density at radius 2 is 2.00 bits per heavy atom. The molecule has 6 nitrogen and oxygen atoms in total. The van der Waals surface area contributed by atoms with E-state index in [1.165, 1.54) is 0 Å². The highest BCUT2D eigenvalue weighted by molar-refractivity contribution is 5.14. The third kappa shape index (κ3) is 2.43. The molecule has 0 aliphatic rings. The van der Waals surface area contributed by atoms with Crippen LogP contribution in [0.15, 0.2) is 12.4 Å². The first-order chi connectivity index (χ1) is 8.65. The van der Waals surface area contributed by atoms with Gasteiger partial charge in [0.25, 0.3) is 0 Å². The first-order valence-corrected chi connectivity index (χ1v) is 6.32. The van der Waals surface area contributed by atoms with Gasteiger partial charge in [-0.15, -0.1) is 0 Å². The lowest BCUT2D eigenvalue weighted by molar-refractivity contribution is 0.536. The van der Waals surface area contributed by atoms with Crippen molar-refractivity contribution in [1.82, 2.24) is 24.5 Å². The molecule has 0 fully saturated rings. The summed E-state index contributed by atoms with van der Waals surface area (Å²) < 4.78 is 3.83. The van der Waals surface area contributed by atoms with E-state index in [9.17, 15) is 0 Å². The molecule has 0 aliphatic heterocycles. The van der Waals surface area contributed by atoms with Crippen LogP contribution in [0.4, 0.5) is 0 Å². The van der Waals surface area contributed by atoms with Crippen molar-refractivity contribution in [2.24, 2.45) is 5.73 Å². The minimum absolute atomic E-state index is 0.0966. The third-order valence-corrected chi connectivity index (χ3v) is 3.01. The third-order valence-electron chi connectivity index (χ3n) is 3.01. The summed E-state index contributed by atoms with van der Waals surface area (Å²) in [6, 6.07) is 1.95. The molecule has 0 bridgehead atoms. The maximum atomic E-state index is 6.26. The Morgan fingerprint density at radius 1 is 1.28 bits per heavy atom. The highest BCUT2D eigenvalue weighted by Crippen LogP contribution is 2.16. The van der Waals surface area contributed by atoms with Crippen LogP contribution in [-0.4, -0.2) is 24.5 Å². The zero-order valence-corrected chi connectivity index (χ0v) is 11.2. The number of rotatable bonds is 5. The summed E-state index contributed by atoms with van der Waals surface area (Å²) in [4.78, 5) is 4.26. The Bertz CT molecular complexity index is 512. The van der Waals surface area contributed by atoms with Gasteiger partial charge in [0.15, 0.2) is 0 Å². The van der Waals surface area contributed by atoms with Crippen molar-refractivity contribution in [3.05, 3.63) is 29.6 Å². The van der Waals surface area contributed by atoms with Gasteiger partial charge in [0.05, 0.1) is 17.4 Å². The van der Waals surface area contributed by atoms with Crippen LogP contribution in [0.5, 0.6) is 0 Å². The molecular formula is C12H20N6. The van der Waals surface area contributed by atoms with Gasteiger partial charge in [-0.2, -0.15) is 10.2 Å². The normalized spacial score (nSPS) is 12.9. The second-order valence-corrected chi connectivity index (χ2v) is 4.33. The Kier molecular flexibility index (Phi) is 3.76. The summed E-state index contributed by atoms with van der Waals surface area (Å²) in [6.07, 6.45) is 2.26. The molecule has 2 N–H and O–H groups in total. The molecule has 0 aromatic carbocycles. The molecule has 1 unspecified atom stereocenters. The zero-order valence-electron chi connectivity index (χ0n) is 11.2. The SMILES string of the molecule is CCn1nc(C)cc1C(N)Cc1ncnn1CC. The number of nitrogens with two attached hydrogens (primary N) is 1. The van der Waals surface area contributed by atoms with Gasteiger partial charge in [0, 0.05) is 19.5 Å². The topological polar surface area (TPSA) is 74.6 Å². The molecule has 0 saturated carbocycles. The fourth-order valence-electron chi connectivity index (χ4n) is 2.13. The molecule has 2 aromatic rings. The van der Waals surface area contributed by atoms with Crippen molar-refractivity contribution in [3.8, 4) is 0 Å². The number of aromatic nitrogens is 5. The molecule has 2 aromatic heterocycles. The molecule has 98 valence electrons. The maximum absolute atomic E-state index is 6.26. The van der Waals surface area contributed by atoms with E-state index in [2.05, 4.69) is 22.1 Å². The lowest BCUT2D eigenvalue weighted by atomic mass is 10.1. The van der Waals surface area contributed by atoms with E-state index in [1.54, 1.807) is 6.33 Å². The molecule has 2 rings (SSSR count). The highest BCUT2D eigenvalue weighted by Gasteiger charge is 2.16. The fraction of sp³-hybridized carbons (Fsp3) is 0.583. The highest BCUT2D eigenvalue weighted by atomic mass is 15.3. The summed E-state index contributed by atoms with van der Waals surface area (Å²) >= 11 is 0. The van der Waals surface area contributed by atoms with Gasteiger partial charge >= 0.3 is 0 Å². The average Bonchev–Trinajstić information content (AvgIpc) is 2.94. The van der Waals surface area contributed by atoms with Crippen molar-refractivity contribution in [2.75, 3.05) is 0 Å². The molecule has 6 heteroatoms. The quantitative estimate of drug-likeness (QED) is 0.858. The second kappa shape index (κ2) is 5.30. The van der Waals surface area contributed by atoms with E-state index in [0.29, 0.717) is 6.42 Å². The van der Waals surface area contributed by atoms with Crippen molar-refractivity contribution in [2.45, 2.75) is 46.3 Å². The van der Waals surface area contributed by atoms with Crippen molar-refractivity contribution in [1.29, 1.82) is 0 Å². The molecule has 18 heavy (non-hydrogen) atoms. The summed E-state index contributed by atoms with van der Waals surface area (Å²) in [5.41, 5.74) is 8.31. The number of nitrogens with zero attached hydrogens (tertiary/aromatic N) is 5. The van der Waals surface area contributed by atoms with Gasteiger partial charge in [-0.3, -0.25) is 9.36 Å². The summed E-state index contributed by atoms with van der Waals surface area (Å²) in [7, 11) is 0. The zero-order chi connectivity index (χ0) is 13.1. The van der Waals surface area contributed by atoms with Crippen LogP contribution in [0.1, 0.15) is 37.1 Å². The first-order valence-electron chi connectivity index (χ1n) is 6.32. The molecule has 0 spiro atoms. The smallest absolute Gasteiger partial charge is 0.138 e. The molecular weight excluding hydrogens is 228 g/mol. The Hall–Kier alpha value is -1.69. The lowest BCUT2D eigenvalue weighted by Crippen LogP contribution is -2.20. The van der Waals surface area contributed by atoms with Crippen LogP contribution in [0, 0.1) is 6.92 Å². The predicted octanol–water partition coefficient (Wildman–Crippen LogP) is 1.07. The van der Waals surface area contributed by atoms with Crippen LogP contribution in [0.2, 0.25) is 0 Å². The Morgan fingerprint density at radius 3 is 2.67 bits per heavy atom. The van der Waals surface area contributed by atoms with Crippen LogP contribution in [-0.2, 0) is 19.5 Å². The second-order valence-electron chi connectivity index (χ2n) is 4.33. The van der Waals surface area contributed by atoms with Crippen molar-refractivity contribution in [3.63, 3.8) is 0 Å². The molecule has 0 saturated heterocycles. The molecule has 2 heterocycles. The van der Waals surface area contributed by atoms with E-state index in [1.807, 2.05) is 29.3 Å². The first kappa shape index (κ1) is 12.8. The van der Waals surface area contributed by atoms with Crippen LogP contribution in [0.25, 0.3) is 0 Å². The Balaban J connectivity index is 2.18. The van der Waals surface area contributed by atoms with Gasteiger partial charge < -0.3 is 5.73 Å². The van der Waals surface area contributed by atoms with E-state index in [4.69, 9.17) is 5.73 Å². The minimum atomic E-state index is -0.0966. The van der Waals surface area contributed by atoms with Gasteiger partial charge in [-0.25, -0.2) is 4.98 Å². The largest absolute Gasteiger partial charge is 0.322 e. The van der Waals surface area contributed by atoms with Gasteiger partial charge in [-0.05, 0) is 26.8 Å². The molecule has 0 amide bonds. The number of hydrogen-bond acceptors (Lipinski definition) is 4. The number of hydrogen-bond donors (Lipinski definition) is 1. The van der Waals surface area contributed by atoms with Crippen molar-refractivity contribution < 1.29 is 0 Å². The minimum Gasteiger partial charge on any atom is -0.322 e. The summed E-state index contributed by atoms with van der Waals surface area (Å²) in [5, 5.41) is 8.57. The van der Waals surface area contributed by atoms with Crippen LogP contribution < -0.4 is 5.73 Å². The Labute approximate surface area is 107 Å². The van der Waals surface area contributed by atoms with Crippen molar-refractivity contribution >= 4 is 0 Å². The summed E-state index contributed by atoms with van der Waals surface area (Å²) in [6.45, 7) is 7.74. The standard InChI is InChI=1S/C12H20N6/c1-4-17-11(6-9(3)16-17)10(13)7-12-14-8-15-18(12)5-2/h6,8,10H,4-5,7,13H2,1-3H3. The predicted molar refractivity (Wildman–Crippen MR) is 69.0 cm³/mol. The van der Waals surface area contributed by atoms with E-state index in [0.717, 1.165) is 30.3 Å². The van der Waals surface area contributed by atoms with Gasteiger partial charge in [0.1, 0.15) is 12.2 Å². The average molecular weight is 248 g/mol. The van der Waals surface area contributed by atoms with Gasteiger partial charge in [-0.1, -0.05) is 0 Å². The van der Waals surface area contributed by atoms with Gasteiger partial charge in [0.2, 0.25) is 0 Å². The maximum Gasteiger partial charge on any atom is 0.138 e. The van der Waals surface area contributed by atoms with E-state index in [-0.39, 0.29) is 6.04 Å². The molecule has 0 radical (unpaired) electrons. The number of aryl methyl sites for hydroxylation is 3. The van der Waals surface area contributed by atoms with E-state index >= 15 is 0 Å². The van der Waals surface area contributed by atoms with Crippen LogP contribution in [0.3, 0.4) is 0 Å². The van der Waals surface area contributed by atoms with E-state index < -0.39 is 0 Å². The van der Waals surface area contributed by atoms with Crippen LogP contribution >= 0.6 is 0 Å².